The number of hydrogen-bond donors (Lipinski definition) is 0. The normalized spacial score (nSPS) is 12.5. The molecule has 0 radical (unpaired) electrons. The molecule has 0 saturated carbocycles. The molecule has 2 rings (SSSR count). The molecule has 0 aromatic heterocycles. The van der Waals surface area contributed by atoms with E-state index in [1.165, 1.54) is 6.92 Å². The van der Waals surface area contributed by atoms with E-state index >= 15 is 0 Å². The molecule has 0 aliphatic rings. The number of benzene rings is 2. The van der Waals surface area contributed by atoms with Gasteiger partial charge >= 0.3 is 11.9 Å². The van der Waals surface area contributed by atoms with Crippen molar-refractivity contribution in [2.45, 2.75) is 32.5 Å². The average molecular weight is 392 g/mol. The number of rotatable bonds is 12. The molecule has 152 valence electrons. The van der Waals surface area contributed by atoms with Gasteiger partial charge in [0.05, 0.1) is 32.3 Å². The molecule has 0 aliphatic heterocycles. The Morgan fingerprint density at radius 3 is 2.00 bits per heavy atom. The van der Waals surface area contributed by atoms with E-state index in [0.717, 1.165) is 11.1 Å². The van der Waals surface area contributed by atoms with Crippen molar-refractivity contribution in [2.75, 3.05) is 19.8 Å². The minimum absolute atomic E-state index is 0.0204. The molecule has 0 saturated heterocycles. The van der Waals surface area contributed by atoms with Crippen LogP contribution in [0.3, 0.4) is 0 Å². The van der Waals surface area contributed by atoms with Gasteiger partial charge in [-0.25, -0.2) is 4.79 Å². The van der Waals surface area contributed by atoms with Crippen molar-refractivity contribution in [2.24, 2.45) is 5.92 Å². The zero-order valence-corrected chi connectivity index (χ0v) is 16.0. The molecule has 0 heterocycles. The molecule has 1 atom stereocenters. The molecule has 0 aliphatic carbocycles. The molecule has 0 amide bonds. The van der Waals surface area contributed by atoms with Gasteiger partial charge in [0.25, 0.3) is 0 Å². The lowest BCUT2D eigenvalue weighted by molar-refractivity contribution is -0.185. The summed E-state index contributed by atoms with van der Waals surface area (Å²) >= 11 is 0. The van der Waals surface area contributed by atoms with Crippen LogP contribution in [0.4, 0.5) is 8.78 Å². The van der Waals surface area contributed by atoms with Crippen molar-refractivity contribution in [1.29, 1.82) is 0 Å². The molecule has 0 fully saturated rings. The van der Waals surface area contributed by atoms with E-state index in [1.54, 1.807) is 0 Å². The third-order valence-electron chi connectivity index (χ3n) is 4.21. The molecular weight excluding hydrogens is 366 g/mol. The van der Waals surface area contributed by atoms with E-state index in [0.29, 0.717) is 6.61 Å². The predicted molar refractivity (Wildman–Crippen MR) is 102 cm³/mol. The molecular formula is C22H26F2O4. The fraction of sp³-hybridized carbons (Fsp3) is 0.409. The zero-order chi connectivity index (χ0) is 20.2. The lowest BCUT2D eigenvalue weighted by Crippen LogP contribution is -2.41. The predicted octanol–water partition coefficient (Wildman–Crippen LogP) is 4.62. The highest BCUT2D eigenvalue weighted by Crippen LogP contribution is 2.30. The van der Waals surface area contributed by atoms with Crippen LogP contribution in [0.5, 0.6) is 0 Å². The summed E-state index contributed by atoms with van der Waals surface area (Å²) in [5.74, 6) is -6.49. The van der Waals surface area contributed by atoms with Crippen LogP contribution in [0.25, 0.3) is 0 Å². The van der Waals surface area contributed by atoms with Crippen LogP contribution in [-0.4, -0.2) is 31.7 Å². The van der Waals surface area contributed by atoms with Gasteiger partial charge in [0.1, 0.15) is 0 Å². The molecule has 4 nitrogen and oxygen atoms in total. The van der Waals surface area contributed by atoms with Gasteiger partial charge in [-0.1, -0.05) is 60.7 Å². The van der Waals surface area contributed by atoms with E-state index in [4.69, 9.17) is 9.47 Å². The Morgan fingerprint density at radius 1 is 0.929 bits per heavy atom. The first-order valence-corrected chi connectivity index (χ1v) is 9.32. The largest absolute Gasteiger partial charge is 0.462 e. The molecule has 0 spiro atoms. The summed E-state index contributed by atoms with van der Waals surface area (Å²) < 4.78 is 44.6. The standard InChI is InChI=1S/C22H26F2O4/c1-2-28-21(25)22(23,24)20(17-27-16-19-11-7-4-8-12-19)13-14-26-15-18-9-5-3-6-10-18/h3-12,20H,2,13-17H2,1H3. The SMILES string of the molecule is CCOC(=O)C(F)(F)C(CCOCc1ccccc1)COCc1ccccc1. The topological polar surface area (TPSA) is 44.8 Å². The number of carbonyl (C=O) groups is 1. The van der Waals surface area contributed by atoms with Gasteiger partial charge in [-0.2, -0.15) is 8.78 Å². The first kappa shape index (κ1) is 22.0. The minimum Gasteiger partial charge on any atom is -0.462 e. The summed E-state index contributed by atoms with van der Waals surface area (Å²) in [5.41, 5.74) is 1.83. The molecule has 2 aromatic rings. The number of ether oxygens (including phenoxy) is 3. The Labute approximate surface area is 164 Å². The Bertz CT molecular complexity index is 692. The number of halogens is 2. The van der Waals surface area contributed by atoms with Crippen LogP contribution >= 0.6 is 0 Å². The fourth-order valence-electron chi connectivity index (χ4n) is 2.65. The number of alkyl halides is 2. The quantitative estimate of drug-likeness (QED) is 0.390. The van der Waals surface area contributed by atoms with Crippen molar-refractivity contribution in [1.82, 2.24) is 0 Å². The highest BCUT2D eigenvalue weighted by molar-refractivity contribution is 5.77. The van der Waals surface area contributed by atoms with Gasteiger partial charge in [0.15, 0.2) is 0 Å². The Balaban J connectivity index is 1.89. The van der Waals surface area contributed by atoms with Crippen LogP contribution in [0.15, 0.2) is 60.7 Å². The third kappa shape index (κ3) is 7.02. The first-order chi connectivity index (χ1) is 13.5. The van der Waals surface area contributed by atoms with Crippen molar-refractivity contribution in [3.8, 4) is 0 Å². The monoisotopic (exact) mass is 392 g/mol. The number of esters is 1. The van der Waals surface area contributed by atoms with Crippen molar-refractivity contribution < 1.29 is 27.8 Å². The highest BCUT2D eigenvalue weighted by Gasteiger charge is 2.48. The second-order valence-electron chi connectivity index (χ2n) is 6.37. The smallest absolute Gasteiger partial charge is 0.377 e. The first-order valence-electron chi connectivity index (χ1n) is 9.32. The average Bonchev–Trinajstić information content (AvgIpc) is 2.71. The van der Waals surface area contributed by atoms with Gasteiger partial charge in [-0.15, -0.1) is 0 Å². The second-order valence-corrected chi connectivity index (χ2v) is 6.37. The summed E-state index contributed by atoms with van der Waals surface area (Å²) in [4.78, 5) is 11.7. The fourth-order valence-corrected chi connectivity index (χ4v) is 2.65. The van der Waals surface area contributed by atoms with Gasteiger partial charge in [0.2, 0.25) is 0 Å². The number of hydrogen-bond acceptors (Lipinski definition) is 4. The molecule has 0 N–H and O–H groups in total. The van der Waals surface area contributed by atoms with Crippen molar-refractivity contribution >= 4 is 5.97 Å². The van der Waals surface area contributed by atoms with Gasteiger partial charge < -0.3 is 14.2 Å². The van der Waals surface area contributed by atoms with E-state index < -0.39 is 17.8 Å². The maximum Gasteiger partial charge on any atom is 0.377 e. The van der Waals surface area contributed by atoms with Gasteiger partial charge in [0, 0.05) is 6.61 Å². The van der Waals surface area contributed by atoms with Gasteiger partial charge in [-0.05, 0) is 24.5 Å². The summed E-state index contributed by atoms with van der Waals surface area (Å²) in [6.07, 6.45) is -0.0204. The van der Waals surface area contributed by atoms with Crippen LogP contribution < -0.4 is 0 Å². The lowest BCUT2D eigenvalue weighted by atomic mass is 9.98. The molecule has 28 heavy (non-hydrogen) atoms. The third-order valence-corrected chi connectivity index (χ3v) is 4.21. The summed E-state index contributed by atoms with van der Waals surface area (Å²) in [6.45, 7) is 1.73. The van der Waals surface area contributed by atoms with Crippen LogP contribution in [0.1, 0.15) is 24.5 Å². The second kappa shape index (κ2) is 11.5. The van der Waals surface area contributed by atoms with Gasteiger partial charge in [-0.3, -0.25) is 0 Å². The molecule has 0 bridgehead atoms. The van der Waals surface area contributed by atoms with Crippen LogP contribution in [0.2, 0.25) is 0 Å². The minimum atomic E-state index is -3.64. The van der Waals surface area contributed by atoms with Crippen LogP contribution in [-0.2, 0) is 32.2 Å². The van der Waals surface area contributed by atoms with E-state index in [9.17, 15) is 13.6 Å². The molecule has 6 heteroatoms. The van der Waals surface area contributed by atoms with Crippen molar-refractivity contribution in [3.05, 3.63) is 71.8 Å². The summed E-state index contributed by atoms with van der Waals surface area (Å²) in [6, 6.07) is 18.7. The molecule has 2 aromatic carbocycles. The van der Waals surface area contributed by atoms with Crippen molar-refractivity contribution in [3.63, 3.8) is 0 Å². The van der Waals surface area contributed by atoms with E-state index in [2.05, 4.69) is 4.74 Å². The molecule has 1 unspecified atom stereocenters. The maximum atomic E-state index is 14.5. The zero-order valence-electron chi connectivity index (χ0n) is 16.0. The Hall–Kier alpha value is -2.31. The summed E-state index contributed by atoms with van der Waals surface area (Å²) in [7, 11) is 0. The van der Waals surface area contributed by atoms with Crippen LogP contribution in [0, 0.1) is 5.92 Å². The van der Waals surface area contributed by atoms with E-state index in [-0.39, 0.29) is 32.8 Å². The lowest BCUT2D eigenvalue weighted by Gasteiger charge is -2.25. The summed E-state index contributed by atoms with van der Waals surface area (Å²) in [5, 5.41) is 0. The Morgan fingerprint density at radius 2 is 1.46 bits per heavy atom. The number of carbonyl (C=O) groups excluding carboxylic acids is 1. The van der Waals surface area contributed by atoms with E-state index in [1.807, 2.05) is 60.7 Å². The highest BCUT2D eigenvalue weighted by atomic mass is 19.3. The Kier molecular flexibility index (Phi) is 9.04. The maximum absolute atomic E-state index is 14.5.